The van der Waals surface area contributed by atoms with E-state index in [0.717, 1.165) is 15.9 Å². The van der Waals surface area contributed by atoms with E-state index < -0.39 is 10.0 Å². The summed E-state index contributed by atoms with van der Waals surface area (Å²) in [6, 6.07) is 13.1. The highest BCUT2D eigenvalue weighted by molar-refractivity contribution is 9.10. The summed E-state index contributed by atoms with van der Waals surface area (Å²) in [7, 11) is -3.30. The number of halogens is 1. The van der Waals surface area contributed by atoms with Crippen molar-refractivity contribution in [2.24, 2.45) is 5.92 Å². The summed E-state index contributed by atoms with van der Waals surface area (Å²) >= 11 is 3.42. The third-order valence-electron chi connectivity index (χ3n) is 4.65. The van der Waals surface area contributed by atoms with Gasteiger partial charge in [-0.05, 0) is 49.2 Å². The van der Waals surface area contributed by atoms with Crippen LogP contribution in [0.25, 0.3) is 0 Å². The normalized spacial score (nSPS) is 18.2. The van der Waals surface area contributed by atoms with Gasteiger partial charge in [-0.15, -0.1) is 0 Å². The molecule has 1 aromatic heterocycles. The standard InChI is InChI=1S/C19H22BrN3O3S/c1-27(25,26)22-12-4-5-15(13-22)19(24)23(14-17-6-2-3-11-21-17)18-9-7-16(20)8-10-18/h2-3,6-11,15H,4-5,12-14H2,1H3. The highest BCUT2D eigenvalue weighted by Gasteiger charge is 2.33. The Morgan fingerprint density at radius 2 is 2.00 bits per heavy atom. The molecule has 0 N–H and O–H groups in total. The fraction of sp³-hybridized carbons (Fsp3) is 0.368. The SMILES string of the molecule is CS(=O)(=O)N1CCCC(C(=O)N(Cc2ccccn2)c2ccc(Br)cc2)C1. The largest absolute Gasteiger partial charge is 0.306 e. The van der Waals surface area contributed by atoms with Gasteiger partial charge in [-0.2, -0.15) is 0 Å². The van der Waals surface area contributed by atoms with Crippen molar-refractivity contribution in [1.29, 1.82) is 0 Å². The quantitative estimate of drug-likeness (QED) is 0.700. The van der Waals surface area contributed by atoms with Gasteiger partial charge in [-0.3, -0.25) is 9.78 Å². The maximum Gasteiger partial charge on any atom is 0.231 e. The maximum atomic E-state index is 13.3. The number of nitrogens with zero attached hydrogens (tertiary/aromatic N) is 3. The zero-order chi connectivity index (χ0) is 19.4. The molecule has 2 aromatic rings. The number of pyridine rings is 1. The van der Waals surface area contributed by atoms with E-state index in [4.69, 9.17) is 0 Å². The van der Waals surface area contributed by atoms with Gasteiger partial charge in [0.25, 0.3) is 0 Å². The average molecular weight is 452 g/mol. The highest BCUT2D eigenvalue weighted by Crippen LogP contribution is 2.26. The van der Waals surface area contributed by atoms with Crippen molar-refractivity contribution in [3.8, 4) is 0 Å². The van der Waals surface area contributed by atoms with E-state index in [-0.39, 0.29) is 18.4 Å². The third kappa shape index (κ3) is 5.15. The Hall–Kier alpha value is -1.77. The number of benzene rings is 1. The number of hydrogen-bond acceptors (Lipinski definition) is 4. The molecular formula is C19H22BrN3O3S. The molecule has 27 heavy (non-hydrogen) atoms. The molecule has 0 bridgehead atoms. The molecule has 1 unspecified atom stereocenters. The summed E-state index contributed by atoms with van der Waals surface area (Å²) in [5, 5.41) is 0. The average Bonchev–Trinajstić information content (AvgIpc) is 2.67. The Morgan fingerprint density at radius 1 is 1.26 bits per heavy atom. The predicted octanol–water partition coefficient (Wildman–Crippen LogP) is 3.05. The second-order valence-electron chi connectivity index (χ2n) is 6.68. The topological polar surface area (TPSA) is 70.6 Å². The highest BCUT2D eigenvalue weighted by atomic mass is 79.9. The number of anilines is 1. The van der Waals surface area contributed by atoms with E-state index in [1.165, 1.54) is 10.6 Å². The first-order valence-electron chi connectivity index (χ1n) is 8.76. The maximum absolute atomic E-state index is 13.3. The molecule has 1 aromatic carbocycles. The summed E-state index contributed by atoms with van der Waals surface area (Å²) in [5.41, 5.74) is 1.55. The summed E-state index contributed by atoms with van der Waals surface area (Å²) in [6.07, 6.45) is 4.26. The van der Waals surface area contributed by atoms with Crippen LogP contribution in [0, 0.1) is 5.92 Å². The molecule has 6 nitrogen and oxygen atoms in total. The first kappa shape index (κ1) is 20.0. The molecule has 144 valence electrons. The van der Waals surface area contributed by atoms with E-state index in [9.17, 15) is 13.2 Å². The minimum Gasteiger partial charge on any atom is -0.306 e. The van der Waals surface area contributed by atoms with E-state index >= 15 is 0 Å². The Labute approximate surface area is 168 Å². The number of aromatic nitrogens is 1. The summed E-state index contributed by atoms with van der Waals surface area (Å²) in [5.74, 6) is -0.433. The molecule has 0 radical (unpaired) electrons. The van der Waals surface area contributed by atoms with Crippen LogP contribution in [-0.4, -0.2) is 43.0 Å². The van der Waals surface area contributed by atoms with Crippen molar-refractivity contribution in [3.05, 3.63) is 58.8 Å². The van der Waals surface area contributed by atoms with E-state index in [0.29, 0.717) is 25.9 Å². The summed E-state index contributed by atoms with van der Waals surface area (Å²) < 4.78 is 26.1. The van der Waals surface area contributed by atoms with Gasteiger partial charge in [0.1, 0.15) is 0 Å². The molecule has 1 saturated heterocycles. The van der Waals surface area contributed by atoms with Gasteiger partial charge in [-0.1, -0.05) is 22.0 Å². The van der Waals surface area contributed by atoms with Crippen LogP contribution in [0.4, 0.5) is 5.69 Å². The summed E-state index contributed by atoms with van der Waals surface area (Å²) in [4.78, 5) is 19.4. The van der Waals surface area contributed by atoms with Crippen LogP contribution in [0.5, 0.6) is 0 Å². The van der Waals surface area contributed by atoms with Crippen LogP contribution in [0.3, 0.4) is 0 Å². The molecule has 2 heterocycles. The van der Waals surface area contributed by atoms with Crippen LogP contribution in [0.15, 0.2) is 53.1 Å². The second-order valence-corrected chi connectivity index (χ2v) is 9.58. The molecule has 1 aliphatic heterocycles. The fourth-order valence-corrected chi connectivity index (χ4v) is 4.41. The van der Waals surface area contributed by atoms with Crippen molar-refractivity contribution < 1.29 is 13.2 Å². The van der Waals surface area contributed by atoms with Crippen LogP contribution in [-0.2, 0) is 21.4 Å². The van der Waals surface area contributed by atoms with E-state index in [1.54, 1.807) is 11.1 Å². The number of carbonyl (C=O) groups excluding carboxylic acids is 1. The number of rotatable bonds is 5. The van der Waals surface area contributed by atoms with E-state index in [1.807, 2.05) is 42.5 Å². The smallest absolute Gasteiger partial charge is 0.231 e. The summed E-state index contributed by atoms with van der Waals surface area (Å²) in [6.45, 7) is 1.05. The van der Waals surface area contributed by atoms with Crippen LogP contribution in [0.2, 0.25) is 0 Å². The molecule has 1 aliphatic rings. The molecule has 1 amide bonds. The number of piperidine rings is 1. The van der Waals surface area contributed by atoms with Crippen molar-refractivity contribution in [2.45, 2.75) is 19.4 Å². The van der Waals surface area contributed by atoms with Crippen LogP contribution < -0.4 is 4.90 Å². The van der Waals surface area contributed by atoms with Gasteiger partial charge in [0, 0.05) is 29.4 Å². The molecule has 3 rings (SSSR count). The predicted molar refractivity (Wildman–Crippen MR) is 109 cm³/mol. The van der Waals surface area contributed by atoms with Gasteiger partial charge >= 0.3 is 0 Å². The van der Waals surface area contributed by atoms with Crippen molar-refractivity contribution in [3.63, 3.8) is 0 Å². The zero-order valence-electron chi connectivity index (χ0n) is 15.1. The van der Waals surface area contributed by atoms with Gasteiger partial charge in [0.15, 0.2) is 0 Å². The second kappa shape index (κ2) is 8.50. The van der Waals surface area contributed by atoms with Crippen molar-refractivity contribution >= 4 is 37.5 Å². The lowest BCUT2D eigenvalue weighted by atomic mass is 9.97. The molecular weight excluding hydrogens is 430 g/mol. The fourth-order valence-electron chi connectivity index (χ4n) is 3.24. The monoisotopic (exact) mass is 451 g/mol. The number of carbonyl (C=O) groups is 1. The molecule has 0 saturated carbocycles. The molecule has 1 fully saturated rings. The Morgan fingerprint density at radius 3 is 2.63 bits per heavy atom. The van der Waals surface area contributed by atoms with Gasteiger partial charge < -0.3 is 4.90 Å². The van der Waals surface area contributed by atoms with Gasteiger partial charge in [0.05, 0.1) is 24.4 Å². The van der Waals surface area contributed by atoms with Gasteiger partial charge in [-0.25, -0.2) is 12.7 Å². The first-order chi connectivity index (χ1) is 12.8. The Kier molecular flexibility index (Phi) is 6.29. The number of sulfonamides is 1. The van der Waals surface area contributed by atoms with Crippen LogP contribution >= 0.6 is 15.9 Å². The molecule has 1 atom stereocenters. The zero-order valence-corrected chi connectivity index (χ0v) is 17.5. The lowest BCUT2D eigenvalue weighted by Crippen LogP contribution is -2.46. The third-order valence-corrected chi connectivity index (χ3v) is 6.45. The Bertz CT molecular complexity index is 888. The van der Waals surface area contributed by atoms with E-state index in [2.05, 4.69) is 20.9 Å². The number of hydrogen-bond donors (Lipinski definition) is 0. The van der Waals surface area contributed by atoms with Crippen LogP contribution in [0.1, 0.15) is 18.5 Å². The first-order valence-corrected chi connectivity index (χ1v) is 11.4. The lowest BCUT2D eigenvalue weighted by Gasteiger charge is -2.33. The molecule has 0 aliphatic carbocycles. The lowest BCUT2D eigenvalue weighted by molar-refractivity contribution is -0.123. The van der Waals surface area contributed by atoms with Crippen molar-refractivity contribution in [1.82, 2.24) is 9.29 Å². The minimum atomic E-state index is -3.30. The van der Waals surface area contributed by atoms with Gasteiger partial charge in [0.2, 0.25) is 15.9 Å². The van der Waals surface area contributed by atoms with Crippen molar-refractivity contribution in [2.75, 3.05) is 24.2 Å². The molecule has 8 heteroatoms. The Balaban J connectivity index is 1.87. The minimum absolute atomic E-state index is 0.0728. The number of amides is 1. The molecule has 0 spiro atoms.